The number of hydrogen-bond acceptors (Lipinski definition) is 5. The van der Waals surface area contributed by atoms with Crippen LogP contribution in [0.15, 0.2) is 29.5 Å². The van der Waals surface area contributed by atoms with Crippen LogP contribution >= 0.6 is 23.2 Å². The first-order valence-electron chi connectivity index (χ1n) is 8.28. The number of Topliss-reactive ketones (excluding diaryl/α,β-unsaturated/α-hetero) is 1. The highest BCUT2D eigenvalue weighted by Gasteiger charge is 2.39. The van der Waals surface area contributed by atoms with Crippen molar-refractivity contribution in [2.24, 2.45) is 11.8 Å². The molecule has 5 nitrogen and oxygen atoms in total. The lowest BCUT2D eigenvalue weighted by atomic mass is 9.83. The summed E-state index contributed by atoms with van der Waals surface area (Å²) in [5.74, 6) is -0.545. The van der Waals surface area contributed by atoms with Crippen LogP contribution in [0.25, 0.3) is 0 Å². The van der Waals surface area contributed by atoms with Crippen molar-refractivity contribution < 1.29 is 9.59 Å². The fourth-order valence-electron chi connectivity index (χ4n) is 3.08. The zero-order valence-electron chi connectivity index (χ0n) is 14.5. The van der Waals surface area contributed by atoms with Gasteiger partial charge in [0.05, 0.1) is 16.6 Å². The van der Waals surface area contributed by atoms with E-state index < -0.39 is 11.7 Å². The second-order valence-electron chi connectivity index (χ2n) is 6.31. The standard InChI is InChI=1S/C18H23Cl2N3O2/c1-4-10(2)18-17(16(25)9-24)13(8-21-18)11(3)22-23-15-6-5-12(19)7-14(15)20/h5-7,9-10,17-18,21-23H,4,8H2,1-3H3. The molecule has 136 valence electrons. The highest BCUT2D eigenvalue weighted by atomic mass is 35.5. The molecule has 1 aliphatic rings. The predicted octanol–water partition coefficient (Wildman–Crippen LogP) is 3.59. The summed E-state index contributed by atoms with van der Waals surface area (Å²) in [5.41, 5.74) is 8.47. The molecule has 3 N–H and O–H groups in total. The molecule has 3 unspecified atom stereocenters. The summed E-state index contributed by atoms with van der Waals surface area (Å²) in [5, 5.41) is 4.41. The highest BCUT2D eigenvalue weighted by Crippen LogP contribution is 2.30. The lowest BCUT2D eigenvalue weighted by molar-refractivity contribution is -0.132. The number of ketones is 1. The smallest absolute Gasteiger partial charge is 0.203 e. The number of rotatable bonds is 7. The Morgan fingerprint density at radius 2 is 2.16 bits per heavy atom. The number of hydrogen-bond donors (Lipinski definition) is 3. The molecule has 1 saturated heterocycles. The Morgan fingerprint density at radius 1 is 1.44 bits per heavy atom. The van der Waals surface area contributed by atoms with Gasteiger partial charge in [0.1, 0.15) is 0 Å². The quantitative estimate of drug-likeness (QED) is 0.381. The summed E-state index contributed by atoms with van der Waals surface area (Å²) in [6, 6.07) is 5.10. The van der Waals surface area contributed by atoms with Crippen molar-refractivity contribution in [3.63, 3.8) is 0 Å². The van der Waals surface area contributed by atoms with E-state index in [0.29, 0.717) is 28.6 Å². The number of carbonyl (C=O) groups excluding carboxylic acids is 2. The maximum absolute atomic E-state index is 12.2. The number of aldehydes is 1. The Bertz CT molecular complexity index is 691. The van der Waals surface area contributed by atoms with Gasteiger partial charge in [0.25, 0.3) is 0 Å². The lowest BCUT2D eigenvalue weighted by Gasteiger charge is -2.24. The van der Waals surface area contributed by atoms with E-state index in [1.807, 2.05) is 6.92 Å². The topological polar surface area (TPSA) is 70.2 Å². The third-order valence-electron chi connectivity index (χ3n) is 4.74. The van der Waals surface area contributed by atoms with Gasteiger partial charge in [-0.3, -0.25) is 15.0 Å². The molecule has 1 fully saturated rings. The molecule has 0 radical (unpaired) electrons. The fraction of sp³-hybridized carbons (Fsp3) is 0.444. The van der Waals surface area contributed by atoms with E-state index in [9.17, 15) is 9.59 Å². The molecule has 1 aromatic carbocycles. The Labute approximate surface area is 158 Å². The first kappa shape index (κ1) is 19.8. The van der Waals surface area contributed by atoms with Crippen molar-refractivity contribution in [3.8, 4) is 0 Å². The van der Waals surface area contributed by atoms with E-state index in [-0.39, 0.29) is 12.0 Å². The van der Waals surface area contributed by atoms with Crippen LogP contribution in [-0.4, -0.2) is 24.7 Å². The van der Waals surface area contributed by atoms with Crippen LogP contribution in [-0.2, 0) is 9.59 Å². The van der Waals surface area contributed by atoms with Gasteiger partial charge in [0, 0.05) is 23.3 Å². The summed E-state index contributed by atoms with van der Waals surface area (Å²) in [6.07, 6.45) is 1.35. The minimum atomic E-state index is -0.442. The van der Waals surface area contributed by atoms with Crippen molar-refractivity contribution in [3.05, 3.63) is 39.5 Å². The Hall–Kier alpha value is -1.56. The van der Waals surface area contributed by atoms with E-state index in [0.717, 1.165) is 17.7 Å². The molecule has 1 aromatic rings. The van der Waals surface area contributed by atoms with Crippen LogP contribution in [0.5, 0.6) is 0 Å². The van der Waals surface area contributed by atoms with Gasteiger partial charge in [-0.25, -0.2) is 0 Å². The van der Waals surface area contributed by atoms with Crippen molar-refractivity contribution in [1.82, 2.24) is 10.7 Å². The number of anilines is 1. The monoisotopic (exact) mass is 383 g/mol. The normalized spacial score (nSPS) is 23.1. The van der Waals surface area contributed by atoms with Crippen molar-refractivity contribution in [2.45, 2.75) is 33.2 Å². The minimum Gasteiger partial charge on any atom is -0.309 e. The second-order valence-corrected chi connectivity index (χ2v) is 7.16. The molecule has 0 spiro atoms. The number of hydrazine groups is 1. The van der Waals surface area contributed by atoms with Crippen LogP contribution in [0.4, 0.5) is 5.69 Å². The van der Waals surface area contributed by atoms with Gasteiger partial charge in [-0.2, -0.15) is 0 Å². The molecule has 0 aromatic heterocycles. The summed E-state index contributed by atoms with van der Waals surface area (Å²) in [7, 11) is 0. The molecule has 1 heterocycles. The number of benzene rings is 1. The second kappa shape index (κ2) is 8.70. The molecule has 0 bridgehead atoms. The molecular weight excluding hydrogens is 361 g/mol. The van der Waals surface area contributed by atoms with Gasteiger partial charge in [-0.05, 0) is 36.6 Å². The van der Waals surface area contributed by atoms with Crippen LogP contribution < -0.4 is 16.2 Å². The van der Waals surface area contributed by atoms with Crippen LogP contribution in [0.3, 0.4) is 0 Å². The Balaban J connectivity index is 2.20. The molecule has 2 rings (SSSR count). The number of carbonyl (C=O) groups is 2. The molecule has 0 saturated carbocycles. The largest absolute Gasteiger partial charge is 0.309 e. The molecule has 3 atom stereocenters. The van der Waals surface area contributed by atoms with Crippen LogP contribution in [0, 0.1) is 11.8 Å². The summed E-state index contributed by atoms with van der Waals surface area (Å²) < 4.78 is 0. The average Bonchev–Trinajstić information content (AvgIpc) is 3.04. The van der Waals surface area contributed by atoms with Gasteiger partial charge < -0.3 is 10.7 Å². The molecular formula is C18H23Cl2N3O2. The maximum atomic E-state index is 12.2. The number of halogens is 2. The third-order valence-corrected chi connectivity index (χ3v) is 5.29. The summed E-state index contributed by atoms with van der Waals surface area (Å²) in [4.78, 5) is 23.3. The number of nitrogens with one attached hydrogen (secondary N) is 3. The predicted molar refractivity (Wildman–Crippen MR) is 102 cm³/mol. The van der Waals surface area contributed by atoms with Gasteiger partial charge >= 0.3 is 0 Å². The summed E-state index contributed by atoms with van der Waals surface area (Å²) >= 11 is 12.0. The van der Waals surface area contributed by atoms with Gasteiger partial charge in [0.2, 0.25) is 5.78 Å². The molecule has 0 aliphatic carbocycles. The Morgan fingerprint density at radius 3 is 2.76 bits per heavy atom. The van der Waals surface area contributed by atoms with E-state index in [2.05, 4.69) is 30.0 Å². The fourth-order valence-corrected chi connectivity index (χ4v) is 3.53. The van der Waals surface area contributed by atoms with Crippen LogP contribution in [0.1, 0.15) is 27.2 Å². The molecule has 25 heavy (non-hydrogen) atoms. The van der Waals surface area contributed by atoms with Crippen LogP contribution in [0.2, 0.25) is 10.0 Å². The SMILES string of the molecule is CCC(C)C1NCC(=C(C)NNc2ccc(Cl)cc2Cl)C1C(=O)C=O. The molecule has 0 amide bonds. The molecule has 1 aliphatic heterocycles. The first-order valence-corrected chi connectivity index (χ1v) is 9.03. The van der Waals surface area contributed by atoms with E-state index in [1.54, 1.807) is 18.2 Å². The average molecular weight is 384 g/mol. The lowest BCUT2D eigenvalue weighted by Crippen LogP contribution is -2.38. The highest BCUT2D eigenvalue weighted by molar-refractivity contribution is 6.36. The van der Waals surface area contributed by atoms with Gasteiger partial charge in [-0.15, -0.1) is 0 Å². The maximum Gasteiger partial charge on any atom is 0.203 e. The zero-order chi connectivity index (χ0) is 18.6. The van der Waals surface area contributed by atoms with Gasteiger partial charge in [-0.1, -0.05) is 43.5 Å². The molecule has 7 heteroatoms. The van der Waals surface area contributed by atoms with Crippen molar-refractivity contribution in [1.29, 1.82) is 0 Å². The van der Waals surface area contributed by atoms with Crippen molar-refractivity contribution in [2.75, 3.05) is 12.0 Å². The zero-order valence-corrected chi connectivity index (χ0v) is 16.0. The van der Waals surface area contributed by atoms with E-state index in [1.165, 1.54) is 0 Å². The third kappa shape index (κ3) is 4.54. The van der Waals surface area contributed by atoms with E-state index >= 15 is 0 Å². The Kier molecular flexibility index (Phi) is 6.87. The van der Waals surface area contributed by atoms with Crippen molar-refractivity contribution >= 4 is 41.0 Å². The summed E-state index contributed by atoms with van der Waals surface area (Å²) in [6.45, 7) is 6.60. The number of allylic oxidation sites excluding steroid dienone is 1. The van der Waals surface area contributed by atoms with E-state index in [4.69, 9.17) is 23.2 Å². The first-order chi connectivity index (χ1) is 11.9. The van der Waals surface area contributed by atoms with Gasteiger partial charge in [0.15, 0.2) is 6.29 Å². The minimum absolute atomic E-state index is 0.0337.